The first-order valence-electron chi connectivity index (χ1n) is 6.65. The molecule has 1 N–H and O–H groups in total. The Labute approximate surface area is 127 Å². The molecule has 1 aromatic carbocycles. The van der Waals surface area contributed by atoms with Crippen LogP contribution in [0.25, 0.3) is 10.6 Å². The third kappa shape index (κ3) is 3.54. The highest BCUT2D eigenvalue weighted by atomic mass is 32.1. The Kier molecular flexibility index (Phi) is 4.58. The molecule has 0 aliphatic carbocycles. The fraction of sp³-hybridized carbons (Fsp3) is 0.188. The fourth-order valence-corrected chi connectivity index (χ4v) is 3.51. The lowest BCUT2D eigenvalue weighted by Crippen LogP contribution is -2.16. The highest BCUT2D eigenvalue weighted by Gasteiger charge is 2.04. The normalized spacial score (nSPS) is 10.8. The van der Waals surface area contributed by atoms with Crippen molar-refractivity contribution in [3.8, 4) is 10.6 Å². The number of nitrogens with one attached hydrogen (secondary N) is 1. The van der Waals surface area contributed by atoms with Gasteiger partial charge in [-0.3, -0.25) is 0 Å². The molecule has 2 aromatic heterocycles. The second-order valence-corrected chi connectivity index (χ2v) is 6.41. The van der Waals surface area contributed by atoms with Crippen LogP contribution in [0.1, 0.15) is 10.6 Å². The molecule has 3 rings (SSSR count). The van der Waals surface area contributed by atoms with E-state index >= 15 is 0 Å². The second kappa shape index (κ2) is 6.79. The summed E-state index contributed by atoms with van der Waals surface area (Å²) in [5.74, 6) is 0. The van der Waals surface area contributed by atoms with E-state index in [-0.39, 0.29) is 0 Å². The van der Waals surface area contributed by atoms with Gasteiger partial charge in [-0.15, -0.1) is 22.7 Å². The maximum atomic E-state index is 4.70. The number of thiophene rings is 1. The molecule has 0 spiro atoms. The monoisotopic (exact) mass is 300 g/mol. The highest BCUT2D eigenvalue weighted by molar-refractivity contribution is 7.13. The Bertz CT molecular complexity index is 630. The molecule has 4 heteroatoms. The molecule has 0 bridgehead atoms. The van der Waals surface area contributed by atoms with Crippen molar-refractivity contribution in [2.24, 2.45) is 0 Å². The van der Waals surface area contributed by atoms with Gasteiger partial charge < -0.3 is 5.32 Å². The zero-order valence-corrected chi connectivity index (χ0v) is 12.7. The Hall–Kier alpha value is -1.49. The first-order valence-corrected chi connectivity index (χ1v) is 8.41. The van der Waals surface area contributed by atoms with E-state index in [1.165, 1.54) is 16.1 Å². The molecular weight excluding hydrogens is 284 g/mol. The number of rotatable bonds is 6. The van der Waals surface area contributed by atoms with Gasteiger partial charge in [0, 0.05) is 35.3 Å². The summed E-state index contributed by atoms with van der Waals surface area (Å²) in [6.07, 6.45) is 0.981. The Morgan fingerprint density at radius 3 is 2.70 bits per heavy atom. The molecule has 3 aromatic rings. The van der Waals surface area contributed by atoms with Crippen molar-refractivity contribution in [2.75, 3.05) is 6.54 Å². The second-order valence-electron chi connectivity index (χ2n) is 4.52. The van der Waals surface area contributed by atoms with Crippen LogP contribution in [0.5, 0.6) is 0 Å². The minimum absolute atomic E-state index is 0.952. The minimum atomic E-state index is 0.952. The van der Waals surface area contributed by atoms with Crippen LogP contribution in [0, 0.1) is 0 Å². The van der Waals surface area contributed by atoms with E-state index in [0.717, 1.165) is 24.5 Å². The zero-order chi connectivity index (χ0) is 13.6. The van der Waals surface area contributed by atoms with Crippen molar-refractivity contribution in [1.82, 2.24) is 10.3 Å². The molecule has 0 radical (unpaired) electrons. The first kappa shape index (κ1) is 13.5. The van der Waals surface area contributed by atoms with Gasteiger partial charge in [0.15, 0.2) is 0 Å². The third-order valence-corrected chi connectivity index (χ3v) is 4.83. The van der Waals surface area contributed by atoms with Gasteiger partial charge in [0.1, 0.15) is 5.01 Å². The third-order valence-electron chi connectivity index (χ3n) is 3.01. The molecule has 0 amide bonds. The lowest BCUT2D eigenvalue weighted by atomic mass is 10.2. The molecule has 20 heavy (non-hydrogen) atoms. The van der Waals surface area contributed by atoms with Gasteiger partial charge in [0.05, 0.1) is 5.69 Å². The van der Waals surface area contributed by atoms with Crippen LogP contribution in [0.15, 0.2) is 53.2 Å². The predicted molar refractivity (Wildman–Crippen MR) is 87.3 cm³/mol. The van der Waals surface area contributed by atoms with Crippen molar-refractivity contribution in [3.63, 3.8) is 0 Å². The topological polar surface area (TPSA) is 24.9 Å². The van der Waals surface area contributed by atoms with E-state index in [9.17, 15) is 0 Å². The van der Waals surface area contributed by atoms with Crippen LogP contribution in [-0.2, 0) is 13.0 Å². The summed E-state index contributed by atoms with van der Waals surface area (Å²) in [6, 6.07) is 14.6. The standard InChI is InChI=1S/C16H16N2S2/c1-2-5-13(6-3-1)16-18-14(12-20-16)8-9-17-11-15-7-4-10-19-15/h1-7,10,12,17H,8-9,11H2. The van der Waals surface area contributed by atoms with Crippen LogP contribution in [-0.4, -0.2) is 11.5 Å². The van der Waals surface area contributed by atoms with Gasteiger partial charge in [-0.05, 0) is 11.4 Å². The van der Waals surface area contributed by atoms with Crippen molar-refractivity contribution in [1.29, 1.82) is 0 Å². The molecule has 2 heterocycles. The number of hydrogen-bond acceptors (Lipinski definition) is 4. The molecule has 102 valence electrons. The van der Waals surface area contributed by atoms with Crippen molar-refractivity contribution in [2.45, 2.75) is 13.0 Å². The van der Waals surface area contributed by atoms with E-state index in [1.807, 2.05) is 6.07 Å². The predicted octanol–water partition coefficient (Wildman–Crippen LogP) is 4.20. The number of benzene rings is 1. The lowest BCUT2D eigenvalue weighted by Gasteiger charge is -2.00. The average Bonchev–Trinajstić information content (AvgIpc) is 3.16. The Morgan fingerprint density at radius 2 is 1.90 bits per heavy atom. The van der Waals surface area contributed by atoms with Crippen LogP contribution < -0.4 is 5.32 Å². The summed E-state index contributed by atoms with van der Waals surface area (Å²) < 4.78 is 0. The molecular formula is C16H16N2S2. The largest absolute Gasteiger partial charge is 0.311 e. The average molecular weight is 300 g/mol. The van der Waals surface area contributed by atoms with E-state index in [4.69, 9.17) is 4.98 Å². The maximum Gasteiger partial charge on any atom is 0.123 e. The maximum absolute atomic E-state index is 4.70. The molecule has 0 atom stereocenters. The number of thiazole rings is 1. The summed E-state index contributed by atoms with van der Waals surface area (Å²) in [7, 11) is 0. The SMILES string of the molecule is c1ccc(-c2nc(CCNCc3cccs3)cs2)cc1. The minimum Gasteiger partial charge on any atom is -0.311 e. The molecule has 0 aliphatic rings. The van der Waals surface area contributed by atoms with Crippen molar-refractivity contribution < 1.29 is 0 Å². The molecule has 0 fully saturated rings. The van der Waals surface area contributed by atoms with E-state index in [2.05, 4.69) is 52.5 Å². The van der Waals surface area contributed by atoms with Gasteiger partial charge in [0.2, 0.25) is 0 Å². The van der Waals surface area contributed by atoms with Gasteiger partial charge in [-0.1, -0.05) is 36.4 Å². The molecule has 0 unspecified atom stereocenters. The molecule has 2 nitrogen and oxygen atoms in total. The quantitative estimate of drug-likeness (QED) is 0.690. The van der Waals surface area contributed by atoms with Gasteiger partial charge >= 0.3 is 0 Å². The molecule has 0 aliphatic heterocycles. The molecule has 0 saturated heterocycles. The van der Waals surface area contributed by atoms with Gasteiger partial charge in [-0.25, -0.2) is 4.98 Å². The first-order chi connectivity index (χ1) is 9.92. The lowest BCUT2D eigenvalue weighted by molar-refractivity contribution is 0.688. The van der Waals surface area contributed by atoms with Crippen LogP contribution in [0.2, 0.25) is 0 Å². The van der Waals surface area contributed by atoms with E-state index in [0.29, 0.717) is 0 Å². The summed E-state index contributed by atoms with van der Waals surface area (Å²) >= 11 is 3.52. The Balaban J connectivity index is 1.50. The van der Waals surface area contributed by atoms with Crippen LogP contribution in [0.4, 0.5) is 0 Å². The fourth-order valence-electron chi connectivity index (χ4n) is 1.98. The van der Waals surface area contributed by atoms with Gasteiger partial charge in [-0.2, -0.15) is 0 Å². The number of aromatic nitrogens is 1. The summed E-state index contributed by atoms with van der Waals surface area (Å²) in [4.78, 5) is 6.08. The van der Waals surface area contributed by atoms with Gasteiger partial charge in [0.25, 0.3) is 0 Å². The summed E-state index contributed by atoms with van der Waals surface area (Å²) in [5.41, 5.74) is 2.38. The smallest absolute Gasteiger partial charge is 0.123 e. The van der Waals surface area contributed by atoms with Crippen LogP contribution in [0.3, 0.4) is 0 Å². The molecule has 0 saturated carbocycles. The van der Waals surface area contributed by atoms with Crippen molar-refractivity contribution >= 4 is 22.7 Å². The summed E-state index contributed by atoms with van der Waals surface area (Å²) in [5, 5.41) is 8.85. The summed E-state index contributed by atoms with van der Waals surface area (Å²) in [6.45, 7) is 1.92. The number of nitrogens with zero attached hydrogens (tertiary/aromatic N) is 1. The van der Waals surface area contributed by atoms with Crippen molar-refractivity contribution in [3.05, 3.63) is 63.8 Å². The Morgan fingerprint density at radius 1 is 1.00 bits per heavy atom. The highest BCUT2D eigenvalue weighted by Crippen LogP contribution is 2.23. The number of hydrogen-bond donors (Lipinski definition) is 1. The van der Waals surface area contributed by atoms with E-state index < -0.39 is 0 Å². The zero-order valence-electron chi connectivity index (χ0n) is 11.1. The van der Waals surface area contributed by atoms with Crippen LogP contribution >= 0.6 is 22.7 Å². The van der Waals surface area contributed by atoms with E-state index in [1.54, 1.807) is 22.7 Å².